The third-order valence-electron chi connectivity index (χ3n) is 4.79. The molecule has 1 atom stereocenters. The third kappa shape index (κ3) is 10.8. The lowest BCUT2D eigenvalue weighted by molar-refractivity contribution is -0.506. The van der Waals surface area contributed by atoms with Gasteiger partial charge in [0.1, 0.15) is 11.6 Å². The van der Waals surface area contributed by atoms with Crippen molar-refractivity contribution in [2.45, 2.75) is 97.7 Å². The van der Waals surface area contributed by atoms with Crippen molar-refractivity contribution in [3.8, 4) is 0 Å². The van der Waals surface area contributed by atoms with Crippen LogP contribution in [0.2, 0.25) is 0 Å². The minimum absolute atomic E-state index is 0.346. The summed E-state index contributed by atoms with van der Waals surface area (Å²) in [5.41, 5.74) is 0.541. The predicted octanol–water partition coefficient (Wildman–Crippen LogP) is 6.75. The Labute approximate surface area is 181 Å². The summed E-state index contributed by atoms with van der Waals surface area (Å²) >= 11 is 0. The summed E-state index contributed by atoms with van der Waals surface area (Å²) in [5, 5.41) is 0. The first kappa shape index (κ1) is 27.0. The van der Waals surface area contributed by atoms with Crippen molar-refractivity contribution < 1.29 is 27.7 Å². The van der Waals surface area contributed by atoms with Crippen LogP contribution >= 0.6 is 0 Å². The molecule has 1 rings (SSSR count). The lowest BCUT2D eigenvalue weighted by Crippen LogP contribution is -2.45. The quantitative estimate of drug-likeness (QED) is 0.191. The van der Waals surface area contributed by atoms with E-state index in [-0.39, 0.29) is 6.10 Å². The van der Waals surface area contributed by atoms with Gasteiger partial charge < -0.3 is 14.2 Å². The Hall–Kier alpha value is -1.08. The number of benzene rings is 1. The van der Waals surface area contributed by atoms with Crippen LogP contribution in [-0.4, -0.2) is 32.1 Å². The van der Waals surface area contributed by atoms with E-state index in [1.807, 2.05) is 20.8 Å². The molecule has 0 amide bonds. The maximum Gasteiger partial charge on any atom is 0.412 e. The van der Waals surface area contributed by atoms with E-state index in [1.165, 1.54) is 44.2 Å². The third-order valence-corrected chi connectivity index (χ3v) is 4.79. The standard InChI is InChI=1S/C24H40F2O4/c1-5-9-10-11-12-13-14-15-23(18-20-16-21(25)19-22(26)17-20)30-24(27-6-2,28-7-3)29-8-4/h16-17,19,23H,5-15,18H2,1-4H3. The zero-order chi connectivity index (χ0) is 22.2. The van der Waals surface area contributed by atoms with Crippen molar-refractivity contribution in [3.05, 3.63) is 35.4 Å². The summed E-state index contributed by atoms with van der Waals surface area (Å²) in [6.07, 6.45) is 7.33. The van der Waals surface area contributed by atoms with Crippen LogP contribution in [0.4, 0.5) is 8.78 Å². The second-order valence-electron chi connectivity index (χ2n) is 7.43. The molecule has 0 radical (unpaired) electrons. The van der Waals surface area contributed by atoms with Crippen LogP contribution < -0.4 is 0 Å². The molecule has 0 fully saturated rings. The molecule has 0 N–H and O–H groups in total. The van der Waals surface area contributed by atoms with E-state index in [4.69, 9.17) is 18.9 Å². The van der Waals surface area contributed by atoms with E-state index >= 15 is 0 Å². The number of unbranched alkanes of at least 4 members (excludes halogenated alkanes) is 6. The molecule has 4 nitrogen and oxygen atoms in total. The molecule has 0 spiro atoms. The molecule has 0 heterocycles. The lowest BCUT2D eigenvalue weighted by atomic mass is 10.0. The average molecular weight is 431 g/mol. The van der Waals surface area contributed by atoms with Gasteiger partial charge in [-0.1, -0.05) is 51.9 Å². The molecule has 0 saturated heterocycles. The van der Waals surface area contributed by atoms with E-state index in [0.717, 1.165) is 25.3 Å². The molecule has 1 aromatic rings. The topological polar surface area (TPSA) is 36.9 Å². The van der Waals surface area contributed by atoms with E-state index in [1.54, 1.807) is 0 Å². The van der Waals surface area contributed by atoms with E-state index in [0.29, 0.717) is 31.8 Å². The van der Waals surface area contributed by atoms with E-state index < -0.39 is 17.8 Å². The molecule has 0 saturated carbocycles. The average Bonchev–Trinajstić information content (AvgIpc) is 2.67. The Morgan fingerprint density at radius 3 is 1.73 bits per heavy atom. The van der Waals surface area contributed by atoms with Crippen LogP contribution in [0.25, 0.3) is 0 Å². The maximum atomic E-state index is 13.7. The Kier molecular flexibility index (Phi) is 14.1. The van der Waals surface area contributed by atoms with Crippen LogP contribution in [0.1, 0.15) is 84.6 Å². The van der Waals surface area contributed by atoms with Gasteiger partial charge in [0.25, 0.3) is 0 Å². The van der Waals surface area contributed by atoms with Gasteiger partial charge in [0, 0.05) is 6.07 Å². The molecule has 0 aliphatic carbocycles. The molecule has 0 aliphatic heterocycles. The summed E-state index contributed by atoms with van der Waals surface area (Å²) in [6, 6.07) is 3.56. The molecular weight excluding hydrogens is 390 g/mol. The molecule has 1 aromatic carbocycles. The predicted molar refractivity (Wildman–Crippen MR) is 115 cm³/mol. The summed E-state index contributed by atoms with van der Waals surface area (Å²) in [5.74, 6) is -1.18. The van der Waals surface area contributed by atoms with E-state index in [9.17, 15) is 8.78 Å². The van der Waals surface area contributed by atoms with Crippen molar-refractivity contribution in [3.63, 3.8) is 0 Å². The molecule has 1 unspecified atom stereocenters. The Morgan fingerprint density at radius 2 is 1.23 bits per heavy atom. The number of rotatable bonds is 18. The molecule has 6 heteroatoms. The van der Waals surface area contributed by atoms with E-state index in [2.05, 4.69) is 6.92 Å². The fourth-order valence-corrected chi connectivity index (χ4v) is 3.48. The second kappa shape index (κ2) is 15.7. The smallest absolute Gasteiger partial charge is 0.304 e. The monoisotopic (exact) mass is 430 g/mol. The van der Waals surface area contributed by atoms with Crippen LogP contribution in [0, 0.1) is 11.6 Å². The Balaban J connectivity index is 2.83. The minimum Gasteiger partial charge on any atom is -0.304 e. The number of hydrogen-bond donors (Lipinski definition) is 0. The number of halogens is 2. The molecule has 174 valence electrons. The number of hydrogen-bond acceptors (Lipinski definition) is 4. The Morgan fingerprint density at radius 1 is 0.733 bits per heavy atom. The fraction of sp³-hybridized carbons (Fsp3) is 0.750. The van der Waals surface area contributed by atoms with Crippen molar-refractivity contribution >= 4 is 0 Å². The fourth-order valence-electron chi connectivity index (χ4n) is 3.48. The molecule has 0 aromatic heterocycles. The highest BCUT2D eigenvalue weighted by molar-refractivity contribution is 5.18. The molecule has 0 aliphatic rings. The first-order valence-electron chi connectivity index (χ1n) is 11.5. The van der Waals surface area contributed by atoms with Crippen LogP contribution in [0.5, 0.6) is 0 Å². The highest BCUT2D eigenvalue weighted by Gasteiger charge is 2.37. The molecule has 30 heavy (non-hydrogen) atoms. The largest absolute Gasteiger partial charge is 0.412 e. The van der Waals surface area contributed by atoms with Gasteiger partial charge >= 0.3 is 6.16 Å². The van der Waals surface area contributed by atoms with Gasteiger partial charge in [-0.25, -0.2) is 8.78 Å². The first-order chi connectivity index (χ1) is 14.5. The van der Waals surface area contributed by atoms with Gasteiger partial charge in [0.15, 0.2) is 0 Å². The Bertz CT molecular complexity index is 531. The minimum atomic E-state index is -1.60. The van der Waals surface area contributed by atoms with Gasteiger partial charge in [-0.15, -0.1) is 0 Å². The van der Waals surface area contributed by atoms with Gasteiger partial charge in [-0.2, -0.15) is 0 Å². The van der Waals surface area contributed by atoms with Crippen molar-refractivity contribution in [1.29, 1.82) is 0 Å². The van der Waals surface area contributed by atoms with Crippen molar-refractivity contribution in [1.82, 2.24) is 0 Å². The SMILES string of the molecule is CCCCCCCCCC(Cc1cc(F)cc(F)c1)OC(OCC)(OCC)OCC. The number of ether oxygens (including phenoxy) is 4. The maximum absolute atomic E-state index is 13.7. The van der Waals surface area contributed by atoms with Gasteiger partial charge in [0.05, 0.1) is 25.9 Å². The second-order valence-corrected chi connectivity index (χ2v) is 7.43. The normalized spacial score (nSPS) is 13.0. The summed E-state index contributed by atoms with van der Waals surface area (Å²) in [6.45, 7) is 8.75. The van der Waals surface area contributed by atoms with Crippen molar-refractivity contribution in [2.24, 2.45) is 0 Å². The van der Waals surface area contributed by atoms with Crippen LogP contribution in [0.3, 0.4) is 0 Å². The van der Waals surface area contributed by atoms with Crippen LogP contribution in [-0.2, 0) is 25.4 Å². The zero-order valence-electron chi connectivity index (χ0n) is 19.2. The molecular formula is C24H40F2O4. The summed E-state index contributed by atoms with van der Waals surface area (Å²) in [7, 11) is 0. The van der Waals surface area contributed by atoms with Gasteiger partial charge in [0.2, 0.25) is 0 Å². The van der Waals surface area contributed by atoms with Crippen LogP contribution in [0.15, 0.2) is 18.2 Å². The van der Waals surface area contributed by atoms with Gasteiger partial charge in [-0.3, -0.25) is 4.74 Å². The van der Waals surface area contributed by atoms with Gasteiger partial charge in [-0.05, 0) is 51.3 Å². The summed E-state index contributed by atoms with van der Waals surface area (Å²) < 4.78 is 50.6. The summed E-state index contributed by atoms with van der Waals surface area (Å²) in [4.78, 5) is 0. The lowest BCUT2D eigenvalue weighted by Gasteiger charge is -2.34. The zero-order valence-corrected chi connectivity index (χ0v) is 19.2. The highest BCUT2D eigenvalue weighted by Crippen LogP contribution is 2.25. The van der Waals surface area contributed by atoms with Crippen molar-refractivity contribution in [2.75, 3.05) is 19.8 Å². The highest BCUT2D eigenvalue weighted by atomic mass is 19.1. The molecule has 0 bridgehead atoms. The first-order valence-corrected chi connectivity index (χ1v) is 11.5.